The number of unbranched alkanes of at least 4 members (excludes halogenated alkanes) is 10. The maximum Gasteiger partial charge on any atom is 0.0533 e. The predicted octanol–water partition coefficient (Wildman–Crippen LogP) is 12.8. The standard InChI is InChI=1S/C39H51BrOS/c1-4-7-9-11-13-15-19-30(20-16-14-12-10-8-5-2)27-37-35-22-18-17-21-34(35)36-25-23-31(28-38(36)37)33-26-24-32(40)29-39(33)42(41)6-3/h17-18,21-30H,4-16,19-20H2,1-3H3. The third kappa shape index (κ3) is 8.79. The average Bonchev–Trinajstić information content (AvgIpc) is 3.32. The van der Waals surface area contributed by atoms with Crippen molar-refractivity contribution in [3.63, 3.8) is 0 Å². The summed E-state index contributed by atoms with van der Waals surface area (Å²) in [4.78, 5) is 0.914. The van der Waals surface area contributed by atoms with Crippen molar-refractivity contribution in [1.82, 2.24) is 0 Å². The molecule has 0 amide bonds. The minimum Gasteiger partial charge on any atom is -0.254 e. The van der Waals surface area contributed by atoms with Gasteiger partial charge in [-0.2, -0.15) is 0 Å². The van der Waals surface area contributed by atoms with E-state index in [0.717, 1.165) is 20.5 Å². The molecule has 0 aromatic heterocycles. The molecule has 0 heterocycles. The number of hydrogen-bond acceptors (Lipinski definition) is 1. The molecule has 0 spiro atoms. The zero-order valence-corrected chi connectivity index (χ0v) is 28.6. The summed E-state index contributed by atoms with van der Waals surface area (Å²) in [7, 11) is -1.03. The molecular weight excluding hydrogens is 596 g/mol. The molecule has 1 atom stereocenters. The molecule has 3 aromatic carbocycles. The van der Waals surface area contributed by atoms with Gasteiger partial charge in [-0.1, -0.05) is 162 Å². The van der Waals surface area contributed by atoms with Crippen LogP contribution in [-0.2, 0) is 10.8 Å². The molecule has 0 N–H and O–H groups in total. The lowest BCUT2D eigenvalue weighted by atomic mass is 9.89. The minimum absolute atomic E-state index is 0.607. The van der Waals surface area contributed by atoms with E-state index in [4.69, 9.17) is 0 Å². The first-order valence-electron chi connectivity index (χ1n) is 16.7. The fourth-order valence-corrected chi connectivity index (χ4v) is 7.96. The van der Waals surface area contributed by atoms with Crippen molar-refractivity contribution in [2.75, 3.05) is 5.75 Å². The highest BCUT2D eigenvalue weighted by molar-refractivity contribution is 9.10. The highest BCUT2D eigenvalue weighted by Crippen LogP contribution is 2.47. The Balaban J connectivity index is 1.65. The van der Waals surface area contributed by atoms with Crippen LogP contribution < -0.4 is 0 Å². The summed E-state index contributed by atoms with van der Waals surface area (Å²) in [5, 5.41) is 0. The summed E-state index contributed by atoms with van der Waals surface area (Å²) in [6, 6.07) is 22.1. The van der Waals surface area contributed by atoms with Gasteiger partial charge in [0.2, 0.25) is 0 Å². The summed E-state index contributed by atoms with van der Waals surface area (Å²) in [5.41, 5.74) is 9.01. The van der Waals surface area contributed by atoms with Crippen molar-refractivity contribution < 1.29 is 4.21 Å². The van der Waals surface area contributed by atoms with Crippen molar-refractivity contribution >= 4 is 32.3 Å². The van der Waals surface area contributed by atoms with Crippen molar-refractivity contribution in [2.45, 2.75) is 116 Å². The van der Waals surface area contributed by atoms with Crippen LogP contribution in [0.5, 0.6) is 0 Å². The first-order valence-corrected chi connectivity index (χ1v) is 18.8. The molecule has 42 heavy (non-hydrogen) atoms. The van der Waals surface area contributed by atoms with Crippen LogP contribution in [-0.4, -0.2) is 9.96 Å². The molecule has 226 valence electrons. The topological polar surface area (TPSA) is 17.1 Å². The summed E-state index contributed by atoms with van der Waals surface area (Å²) in [6.45, 7) is 6.59. The maximum absolute atomic E-state index is 13.0. The lowest BCUT2D eigenvalue weighted by Gasteiger charge is -2.16. The smallest absolute Gasteiger partial charge is 0.0533 e. The molecule has 0 fully saturated rings. The lowest BCUT2D eigenvalue weighted by Crippen LogP contribution is -2.00. The number of halogens is 1. The molecule has 3 heteroatoms. The Labute approximate surface area is 267 Å². The number of fused-ring (bicyclic) bond motifs is 3. The summed E-state index contributed by atoms with van der Waals surface area (Å²) in [6.07, 6.45) is 21.4. The zero-order chi connectivity index (χ0) is 29.7. The molecule has 0 radical (unpaired) electrons. The highest BCUT2D eigenvalue weighted by atomic mass is 79.9. The van der Waals surface area contributed by atoms with E-state index < -0.39 is 10.8 Å². The Bertz CT molecular complexity index is 1320. The van der Waals surface area contributed by atoms with E-state index in [0.29, 0.717) is 11.7 Å². The van der Waals surface area contributed by atoms with Crippen molar-refractivity contribution in [1.29, 1.82) is 0 Å². The van der Waals surface area contributed by atoms with Gasteiger partial charge in [0.15, 0.2) is 0 Å². The van der Waals surface area contributed by atoms with E-state index in [2.05, 4.69) is 90.5 Å². The fourth-order valence-electron chi connectivity index (χ4n) is 6.45. The van der Waals surface area contributed by atoms with E-state index >= 15 is 0 Å². The average molecular weight is 648 g/mol. The third-order valence-corrected chi connectivity index (χ3v) is 10.7. The van der Waals surface area contributed by atoms with Gasteiger partial charge in [-0.25, -0.2) is 0 Å². The van der Waals surface area contributed by atoms with E-state index in [1.807, 2.05) is 13.0 Å². The van der Waals surface area contributed by atoms with Gasteiger partial charge in [0.05, 0.1) is 10.8 Å². The highest BCUT2D eigenvalue weighted by Gasteiger charge is 2.25. The van der Waals surface area contributed by atoms with Gasteiger partial charge >= 0.3 is 0 Å². The Kier molecular flexibility index (Phi) is 13.6. The molecule has 1 unspecified atom stereocenters. The van der Waals surface area contributed by atoms with Gasteiger partial charge in [-0.3, -0.25) is 4.21 Å². The quantitative estimate of drug-likeness (QED) is 0.0982. The van der Waals surface area contributed by atoms with E-state index in [1.165, 1.54) is 118 Å². The molecule has 1 aliphatic rings. The van der Waals surface area contributed by atoms with E-state index in [1.54, 1.807) is 0 Å². The summed E-state index contributed by atoms with van der Waals surface area (Å²) < 4.78 is 14.0. The van der Waals surface area contributed by atoms with Crippen molar-refractivity contribution in [3.05, 3.63) is 82.3 Å². The number of hydrogen-bond donors (Lipinski definition) is 0. The van der Waals surface area contributed by atoms with Crippen molar-refractivity contribution in [2.24, 2.45) is 5.92 Å². The summed E-state index contributed by atoms with van der Waals surface area (Å²) >= 11 is 3.60. The van der Waals surface area contributed by atoms with Gasteiger partial charge in [0.25, 0.3) is 0 Å². The Hall–Kier alpha value is -1.97. The van der Waals surface area contributed by atoms with Crippen LogP contribution in [0.2, 0.25) is 0 Å². The molecule has 0 saturated heterocycles. The monoisotopic (exact) mass is 646 g/mol. The number of benzene rings is 3. The van der Waals surface area contributed by atoms with E-state index in [-0.39, 0.29) is 0 Å². The van der Waals surface area contributed by atoms with Gasteiger partial charge in [0, 0.05) is 15.1 Å². The number of allylic oxidation sites excluding steroid dienone is 1. The second-order valence-corrected chi connectivity index (χ2v) is 14.7. The Morgan fingerprint density at radius 1 is 0.643 bits per heavy atom. The zero-order valence-electron chi connectivity index (χ0n) is 26.2. The van der Waals surface area contributed by atoms with Crippen LogP contribution >= 0.6 is 15.9 Å². The second kappa shape index (κ2) is 17.4. The SMILES string of the molecule is CCCCCCCCC(C=C1c2ccccc2-c2ccc(-c3ccc(Br)cc3S(=O)CC)cc21)CCCCCCCC. The molecule has 1 aliphatic carbocycles. The fraction of sp³-hybridized carbons (Fsp3) is 0.487. The molecule has 1 nitrogen and oxygen atoms in total. The normalized spacial score (nSPS) is 14.0. The Morgan fingerprint density at radius 3 is 1.86 bits per heavy atom. The van der Waals surface area contributed by atoms with Crippen LogP contribution in [0.15, 0.2) is 76.1 Å². The Morgan fingerprint density at radius 2 is 1.21 bits per heavy atom. The summed E-state index contributed by atoms with van der Waals surface area (Å²) in [5.74, 6) is 1.22. The van der Waals surface area contributed by atoms with Crippen LogP contribution in [0.25, 0.3) is 27.8 Å². The molecule has 0 aliphatic heterocycles. The largest absolute Gasteiger partial charge is 0.254 e. The van der Waals surface area contributed by atoms with Crippen molar-refractivity contribution in [3.8, 4) is 22.3 Å². The second-order valence-electron chi connectivity index (χ2n) is 12.0. The first-order chi connectivity index (χ1) is 20.6. The predicted molar refractivity (Wildman–Crippen MR) is 189 cm³/mol. The van der Waals surface area contributed by atoms with Crippen LogP contribution in [0.4, 0.5) is 0 Å². The minimum atomic E-state index is -1.03. The lowest BCUT2D eigenvalue weighted by molar-refractivity contribution is 0.466. The first kappa shape index (κ1) is 32.9. The maximum atomic E-state index is 13.0. The van der Waals surface area contributed by atoms with Crippen LogP contribution in [0.3, 0.4) is 0 Å². The molecule has 4 rings (SSSR count). The van der Waals surface area contributed by atoms with Gasteiger partial charge in [0.1, 0.15) is 0 Å². The van der Waals surface area contributed by atoms with Gasteiger partial charge in [-0.05, 0) is 75.9 Å². The third-order valence-electron chi connectivity index (χ3n) is 8.84. The molecule has 0 bridgehead atoms. The van der Waals surface area contributed by atoms with Gasteiger partial charge in [-0.15, -0.1) is 0 Å². The van der Waals surface area contributed by atoms with Gasteiger partial charge < -0.3 is 0 Å². The molecule has 3 aromatic rings. The van der Waals surface area contributed by atoms with Crippen LogP contribution in [0, 0.1) is 5.92 Å². The van der Waals surface area contributed by atoms with E-state index in [9.17, 15) is 4.21 Å². The molecular formula is C39H51BrOS. The number of rotatable bonds is 18. The van der Waals surface area contributed by atoms with Crippen LogP contribution in [0.1, 0.15) is 122 Å². The molecule has 0 saturated carbocycles.